The van der Waals surface area contributed by atoms with Gasteiger partial charge in [0.05, 0.1) is 7.11 Å². The van der Waals surface area contributed by atoms with Crippen LogP contribution in [0.15, 0.2) is 42.5 Å². The summed E-state index contributed by atoms with van der Waals surface area (Å²) in [6.07, 6.45) is 1.32. The number of anilines is 1. The molecule has 2 aromatic rings. The third-order valence-electron chi connectivity index (χ3n) is 4.10. The molecule has 1 heterocycles. The zero-order valence-electron chi connectivity index (χ0n) is 14.9. The van der Waals surface area contributed by atoms with Crippen LogP contribution in [0.3, 0.4) is 0 Å². The lowest BCUT2D eigenvalue weighted by Crippen LogP contribution is -2.23. The predicted octanol–water partition coefficient (Wildman–Crippen LogP) is 2.63. The zero-order valence-corrected chi connectivity index (χ0v) is 14.9. The van der Waals surface area contributed by atoms with Crippen LogP contribution in [0.25, 0.3) is 0 Å². The number of hydrogen-bond acceptors (Lipinski definition) is 5. The van der Waals surface area contributed by atoms with Gasteiger partial charge in [-0.25, -0.2) is 0 Å². The molecule has 1 aliphatic heterocycles. The molecule has 6 heteroatoms. The first-order chi connectivity index (χ1) is 12.7. The van der Waals surface area contributed by atoms with Crippen molar-refractivity contribution in [1.29, 1.82) is 0 Å². The highest BCUT2D eigenvalue weighted by Gasteiger charge is 2.12. The third kappa shape index (κ3) is 5.13. The first-order valence-electron chi connectivity index (χ1n) is 8.78. The number of carbonyl (C=O) groups excluding carboxylic acids is 1. The summed E-state index contributed by atoms with van der Waals surface area (Å²) in [4.78, 5) is 12.0. The number of rotatable bonds is 8. The molecule has 0 fully saturated rings. The van der Waals surface area contributed by atoms with Gasteiger partial charge < -0.3 is 24.8 Å². The molecule has 1 aliphatic rings. The van der Waals surface area contributed by atoms with Crippen LogP contribution in [0.5, 0.6) is 17.2 Å². The molecule has 0 aliphatic carbocycles. The molecule has 0 aromatic heterocycles. The summed E-state index contributed by atoms with van der Waals surface area (Å²) in [5, 5.41) is 6.18. The maximum absolute atomic E-state index is 12.0. The maximum Gasteiger partial charge on any atom is 0.225 e. The monoisotopic (exact) mass is 356 g/mol. The van der Waals surface area contributed by atoms with Gasteiger partial charge in [-0.2, -0.15) is 0 Å². The van der Waals surface area contributed by atoms with E-state index in [2.05, 4.69) is 22.8 Å². The maximum atomic E-state index is 12.0. The minimum absolute atomic E-state index is 0.0291. The van der Waals surface area contributed by atoms with Crippen LogP contribution < -0.4 is 24.8 Å². The number of hydrogen-bond donors (Lipinski definition) is 2. The van der Waals surface area contributed by atoms with Crippen molar-refractivity contribution in [1.82, 2.24) is 5.32 Å². The van der Waals surface area contributed by atoms with Gasteiger partial charge in [-0.05, 0) is 42.8 Å². The minimum Gasteiger partial charge on any atom is -0.497 e. The molecule has 2 N–H and O–H groups in total. The summed E-state index contributed by atoms with van der Waals surface area (Å²) >= 11 is 0. The Morgan fingerprint density at radius 1 is 1.04 bits per heavy atom. The van der Waals surface area contributed by atoms with Gasteiger partial charge in [0.15, 0.2) is 11.5 Å². The van der Waals surface area contributed by atoms with Crippen molar-refractivity contribution < 1.29 is 19.0 Å². The summed E-state index contributed by atoms with van der Waals surface area (Å²) in [6.45, 7) is 2.54. The van der Waals surface area contributed by atoms with Crippen molar-refractivity contribution in [2.45, 2.75) is 12.8 Å². The van der Waals surface area contributed by atoms with Crippen LogP contribution >= 0.6 is 0 Å². The summed E-state index contributed by atoms with van der Waals surface area (Å²) in [6, 6.07) is 13.4. The fourth-order valence-corrected chi connectivity index (χ4v) is 2.70. The molecule has 0 spiro atoms. The Bertz CT molecular complexity index is 731. The first-order valence-corrected chi connectivity index (χ1v) is 8.78. The lowest BCUT2D eigenvalue weighted by atomic mass is 10.1. The molecule has 0 radical (unpaired) electrons. The second kappa shape index (κ2) is 9.10. The fraction of sp³-hybridized carbons (Fsp3) is 0.350. The molecule has 0 atom stereocenters. The number of amides is 1. The van der Waals surface area contributed by atoms with Crippen LogP contribution in [-0.2, 0) is 11.2 Å². The molecule has 3 rings (SSSR count). The first kappa shape index (κ1) is 18.1. The third-order valence-corrected chi connectivity index (χ3v) is 4.10. The summed E-state index contributed by atoms with van der Waals surface area (Å²) < 4.78 is 16.1. The molecule has 1 amide bonds. The Kier molecular flexibility index (Phi) is 6.33. The van der Waals surface area contributed by atoms with E-state index < -0.39 is 0 Å². The standard InChI is InChI=1S/C20H24N2O4/c1-24-17-5-2-15(3-6-17)8-10-21-11-9-20(23)22-16-4-7-18-19(14-16)26-13-12-25-18/h2-7,14,21H,8-13H2,1H3,(H,22,23). The minimum atomic E-state index is -0.0291. The Labute approximate surface area is 153 Å². The quantitative estimate of drug-likeness (QED) is 0.712. The van der Waals surface area contributed by atoms with Crippen molar-refractivity contribution in [3.8, 4) is 17.2 Å². The lowest BCUT2D eigenvalue weighted by molar-refractivity contribution is -0.116. The average molecular weight is 356 g/mol. The predicted molar refractivity (Wildman–Crippen MR) is 100 cm³/mol. The largest absolute Gasteiger partial charge is 0.497 e. The topological polar surface area (TPSA) is 68.8 Å². The fourth-order valence-electron chi connectivity index (χ4n) is 2.70. The van der Waals surface area contributed by atoms with Crippen molar-refractivity contribution in [3.63, 3.8) is 0 Å². The summed E-state index contributed by atoms with van der Waals surface area (Å²) in [7, 11) is 1.66. The van der Waals surface area contributed by atoms with Crippen LogP contribution in [-0.4, -0.2) is 39.3 Å². The Morgan fingerprint density at radius 3 is 2.58 bits per heavy atom. The van der Waals surface area contributed by atoms with E-state index in [1.54, 1.807) is 13.2 Å². The lowest BCUT2D eigenvalue weighted by Gasteiger charge is -2.19. The number of fused-ring (bicyclic) bond motifs is 1. The molecule has 138 valence electrons. The van der Waals surface area contributed by atoms with E-state index in [1.165, 1.54) is 5.56 Å². The van der Waals surface area contributed by atoms with Gasteiger partial charge in [0, 0.05) is 24.7 Å². The van der Waals surface area contributed by atoms with Gasteiger partial charge in [0.2, 0.25) is 5.91 Å². The highest BCUT2D eigenvalue weighted by atomic mass is 16.6. The highest BCUT2D eigenvalue weighted by molar-refractivity contribution is 5.91. The molecule has 0 saturated heterocycles. The smallest absolute Gasteiger partial charge is 0.225 e. The van der Waals surface area contributed by atoms with Crippen LogP contribution in [0.1, 0.15) is 12.0 Å². The van der Waals surface area contributed by atoms with Crippen molar-refractivity contribution in [2.24, 2.45) is 0 Å². The van der Waals surface area contributed by atoms with Gasteiger partial charge in [-0.15, -0.1) is 0 Å². The van der Waals surface area contributed by atoms with E-state index in [0.717, 1.165) is 30.2 Å². The SMILES string of the molecule is COc1ccc(CCNCCC(=O)Nc2ccc3c(c2)OCCO3)cc1. The molecule has 2 aromatic carbocycles. The van der Waals surface area contributed by atoms with E-state index in [9.17, 15) is 4.79 Å². The van der Waals surface area contributed by atoms with Gasteiger partial charge in [0.25, 0.3) is 0 Å². The Hall–Kier alpha value is -2.73. The van der Waals surface area contributed by atoms with E-state index in [1.807, 2.05) is 24.3 Å². The number of carbonyl (C=O) groups is 1. The molecule has 0 bridgehead atoms. The molecule has 26 heavy (non-hydrogen) atoms. The van der Waals surface area contributed by atoms with Gasteiger partial charge in [-0.1, -0.05) is 12.1 Å². The summed E-state index contributed by atoms with van der Waals surface area (Å²) in [5.41, 5.74) is 1.96. The van der Waals surface area contributed by atoms with E-state index >= 15 is 0 Å². The zero-order chi connectivity index (χ0) is 18.2. The number of methoxy groups -OCH3 is 1. The Morgan fingerprint density at radius 2 is 1.81 bits per heavy atom. The molecular formula is C20H24N2O4. The second-order valence-electron chi connectivity index (χ2n) is 6.00. The number of ether oxygens (including phenoxy) is 3. The molecule has 0 unspecified atom stereocenters. The van der Waals surface area contributed by atoms with Crippen LogP contribution in [0.4, 0.5) is 5.69 Å². The number of benzene rings is 2. The van der Waals surface area contributed by atoms with Crippen molar-refractivity contribution >= 4 is 11.6 Å². The summed E-state index contributed by atoms with van der Waals surface area (Å²) in [5.74, 6) is 2.22. The second-order valence-corrected chi connectivity index (χ2v) is 6.00. The van der Waals surface area contributed by atoms with E-state index in [0.29, 0.717) is 31.9 Å². The number of nitrogens with one attached hydrogen (secondary N) is 2. The van der Waals surface area contributed by atoms with Crippen LogP contribution in [0.2, 0.25) is 0 Å². The Balaban J connectivity index is 1.35. The van der Waals surface area contributed by atoms with E-state index in [-0.39, 0.29) is 5.91 Å². The normalized spacial score (nSPS) is 12.5. The van der Waals surface area contributed by atoms with E-state index in [4.69, 9.17) is 14.2 Å². The molecular weight excluding hydrogens is 332 g/mol. The highest BCUT2D eigenvalue weighted by Crippen LogP contribution is 2.32. The van der Waals surface area contributed by atoms with Gasteiger partial charge in [-0.3, -0.25) is 4.79 Å². The molecule has 6 nitrogen and oxygen atoms in total. The average Bonchev–Trinajstić information content (AvgIpc) is 2.68. The van der Waals surface area contributed by atoms with Gasteiger partial charge >= 0.3 is 0 Å². The van der Waals surface area contributed by atoms with Gasteiger partial charge in [0.1, 0.15) is 19.0 Å². The van der Waals surface area contributed by atoms with Crippen molar-refractivity contribution in [2.75, 3.05) is 38.7 Å². The van der Waals surface area contributed by atoms with Crippen LogP contribution in [0, 0.1) is 0 Å². The molecule has 0 saturated carbocycles. The van der Waals surface area contributed by atoms with Crippen molar-refractivity contribution in [3.05, 3.63) is 48.0 Å².